The number of likely N-dealkylation sites (tertiary alicyclic amines) is 1. The number of carbonyl (C=O) groups is 1. The number of aliphatic hydroxyl groups excluding tert-OH is 1. The largest absolute Gasteiger partial charge is 0.392 e. The van der Waals surface area contributed by atoms with Crippen molar-refractivity contribution in [1.82, 2.24) is 10.2 Å². The molecule has 4 nitrogen and oxygen atoms in total. The van der Waals surface area contributed by atoms with Crippen LogP contribution in [-0.2, 0) is 4.79 Å². The third-order valence-corrected chi connectivity index (χ3v) is 3.45. The van der Waals surface area contributed by atoms with E-state index in [2.05, 4.69) is 5.32 Å². The molecule has 0 aliphatic carbocycles. The molecule has 1 saturated heterocycles. The standard InChI is InChI=1S/C12H24N2O2/c1-10(15)12(2,3)13-9-11(16)14-7-5-4-6-8-14/h10,13,15H,4-9H2,1-3H3. The van der Waals surface area contributed by atoms with Gasteiger partial charge in [-0.15, -0.1) is 0 Å². The Labute approximate surface area is 98.0 Å². The summed E-state index contributed by atoms with van der Waals surface area (Å²) in [5.74, 6) is 0.147. The van der Waals surface area contributed by atoms with Crippen LogP contribution in [0.2, 0.25) is 0 Å². The molecule has 1 aliphatic heterocycles. The molecule has 0 aromatic rings. The highest BCUT2D eigenvalue weighted by Crippen LogP contribution is 2.10. The van der Waals surface area contributed by atoms with Crippen molar-refractivity contribution >= 4 is 5.91 Å². The van der Waals surface area contributed by atoms with Gasteiger partial charge in [-0.3, -0.25) is 4.79 Å². The van der Waals surface area contributed by atoms with E-state index in [4.69, 9.17) is 0 Å². The molecule has 0 aromatic carbocycles. The summed E-state index contributed by atoms with van der Waals surface area (Å²) in [5.41, 5.74) is -0.411. The van der Waals surface area contributed by atoms with Crippen molar-refractivity contribution in [3.05, 3.63) is 0 Å². The van der Waals surface area contributed by atoms with Gasteiger partial charge in [0, 0.05) is 18.6 Å². The van der Waals surface area contributed by atoms with Gasteiger partial charge in [-0.05, 0) is 40.0 Å². The second-order valence-electron chi connectivity index (χ2n) is 5.19. The molecule has 2 N–H and O–H groups in total. The Balaban J connectivity index is 2.34. The molecule has 0 spiro atoms. The summed E-state index contributed by atoms with van der Waals surface area (Å²) in [6.45, 7) is 7.63. The van der Waals surface area contributed by atoms with Gasteiger partial charge in [0.25, 0.3) is 0 Å². The number of aliphatic hydroxyl groups is 1. The first-order valence-electron chi connectivity index (χ1n) is 6.14. The average molecular weight is 228 g/mol. The van der Waals surface area contributed by atoms with E-state index in [9.17, 15) is 9.90 Å². The van der Waals surface area contributed by atoms with E-state index in [-0.39, 0.29) is 5.91 Å². The maximum Gasteiger partial charge on any atom is 0.236 e. The monoisotopic (exact) mass is 228 g/mol. The van der Waals surface area contributed by atoms with Crippen LogP contribution >= 0.6 is 0 Å². The summed E-state index contributed by atoms with van der Waals surface area (Å²) >= 11 is 0. The zero-order valence-corrected chi connectivity index (χ0v) is 10.6. The van der Waals surface area contributed by atoms with Crippen LogP contribution in [0.15, 0.2) is 0 Å². The van der Waals surface area contributed by atoms with E-state index in [1.165, 1.54) is 6.42 Å². The summed E-state index contributed by atoms with van der Waals surface area (Å²) in [4.78, 5) is 13.8. The zero-order chi connectivity index (χ0) is 12.2. The van der Waals surface area contributed by atoms with Gasteiger partial charge in [0.15, 0.2) is 0 Å². The second kappa shape index (κ2) is 5.64. The van der Waals surface area contributed by atoms with E-state index in [0.29, 0.717) is 6.54 Å². The molecule has 94 valence electrons. The molecule has 16 heavy (non-hydrogen) atoms. The van der Waals surface area contributed by atoms with Crippen LogP contribution in [0.1, 0.15) is 40.0 Å². The highest BCUT2D eigenvalue weighted by molar-refractivity contribution is 5.78. The van der Waals surface area contributed by atoms with Gasteiger partial charge in [-0.1, -0.05) is 0 Å². The topological polar surface area (TPSA) is 52.6 Å². The zero-order valence-electron chi connectivity index (χ0n) is 10.6. The minimum absolute atomic E-state index is 0.147. The predicted octanol–water partition coefficient (Wildman–Crippen LogP) is 0.748. The lowest BCUT2D eigenvalue weighted by molar-refractivity contribution is -0.131. The van der Waals surface area contributed by atoms with Crippen molar-refractivity contribution in [3.8, 4) is 0 Å². The lowest BCUT2D eigenvalue weighted by Gasteiger charge is -2.32. The molecule has 1 rings (SSSR count). The molecule has 1 unspecified atom stereocenters. The maximum atomic E-state index is 11.8. The number of hydrogen-bond donors (Lipinski definition) is 2. The Morgan fingerprint density at radius 3 is 2.44 bits per heavy atom. The Hall–Kier alpha value is -0.610. The van der Waals surface area contributed by atoms with Gasteiger partial charge in [-0.2, -0.15) is 0 Å². The van der Waals surface area contributed by atoms with Gasteiger partial charge < -0.3 is 15.3 Å². The fourth-order valence-electron chi connectivity index (χ4n) is 1.71. The normalized spacial score (nSPS) is 19.6. The lowest BCUT2D eigenvalue weighted by atomic mass is 9.99. The summed E-state index contributed by atoms with van der Waals surface area (Å²) in [6.07, 6.45) is 3.00. The van der Waals surface area contributed by atoms with E-state index >= 15 is 0 Å². The van der Waals surface area contributed by atoms with Crippen LogP contribution in [0, 0.1) is 0 Å². The van der Waals surface area contributed by atoms with Gasteiger partial charge in [0.1, 0.15) is 0 Å². The molecule has 1 heterocycles. The first-order chi connectivity index (χ1) is 7.43. The van der Waals surface area contributed by atoms with E-state index in [1.54, 1.807) is 6.92 Å². The molecule has 1 aliphatic rings. The quantitative estimate of drug-likeness (QED) is 0.746. The molecule has 0 radical (unpaired) electrons. The summed E-state index contributed by atoms with van der Waals surface area (Å²) in [5, 5.41) is 12.6. The molecule has 0 aromatic heterocycles. The molecule has 1 fully saturated rings. The van der Waals surface area contributed by atoms with Crippen molar-refractivity contribution in [2.24, 2.45) is 0 Å². The molecule has 4 heteroatoms. The van der Waals surface area contributed by atoms with Crippen LogP contribution < -0.4 is 5.32 Å². The Bertz CT molecular complexity index is 233. The van der Waals surface area contributed by atoms with Crippen molar-refractivity contribution in [2.75, 3.05) is 19.6 Å². The highest BCUT2D eigenvalue weighted by Gasteiger charge is 2.25. The third kappa shape index (κ3) is 3.76. The van der Waals surface area contributed by atoms with Gasteiger partial charge in [0.05, 0.1) is 12.6 Å². The fourth-order valence-corrected chi connectivity index (χ4v) is 1.71. The minimum Gasteiger partial charge on any atom is -0.392 e. The number of amides is 1. The summed E-state index contributed by atoms with van der Waals surface area (Å²) < 4.78 is 0. The fraction of sp³-hybridized carbons (Fsp3) is 0.917. The Morgan fingerprint density at radius 1 is 1.38 bits per heavy atom. The Kier molecular flexibility index (Phi) is 4.74. The highest BCUT2D eigenvalue weighted by atomic mass is 16.3. The average Bonchev–Trinajstić information content (AvgIpc) is 2.27. The van der Waals surface area contributed by atoms with Gasteiger partial charge >= 0.3 is 0 Å². The predicted molar refractivity (Wildman–Crippen MR) is 64.2 cm³/mol. The second-order valence-corrected chi connectivity index (χ2v) is 5.19. The first kappa shape index (κ1) is 13.5. The van der Waals surface area contributed by atoms with Crippen LogP contribution in [-0.4, -0.2) is 47.2 Å². The number of nitrogens with one attached hydrogen (secondary N) is 1. The summed E-state index contributed by atoms with van der Waals surface area (Å²) in [6, 6.07) is 0. The first-order valence-corrected chi connectivity index (χ1v) is 6.14. The van der Waals surface area contributed by atoms with Crippen molar-refractivity contribution in [1.29, 1.82) is 0 Å². The van der Waals surface area contributed by atoms with Crippen molar-refractivity contribution in [3.63, 3.8) is 0 Å². The van der Waals surface area contributed by atoms with Gasteiger partial charge in [-0.25, -0.2) is 0 Å². The number of hydrogen-bond acceptors (Lipinski definition) is 3. The van der Waals surface area contributed by atoms with Crippen molar-refractivity contribution in [2.45, 2.75) is 51.7 Å². The number of nitrogens with zero attached hydrogens (tertiary/aromatic N) is 1. The SMILES string of the molecule is CC(O)C(C)(C)NCC(=O)N1CCCCC1. The number of carbonyl (C=O) groups excluding carboxylic acids is 1. The minimum atomic E-state index is -0.471. The molecular weight excluding hydrogens is 204 g/mol. The molecule has 0 bridgehead atoms. The number of piperidine rings is 1. The van der Waals surface area contributed by atoms with Crippen LogP contribution in [0.3, 0.4) is 0 Å². The van der Waals surface area contributed by atoms with Crippen LogP contribution in [0.4, 0.5) is 0 Å². The van der Waals surface area contributed by atoms with E-state index in [0.717, 1.165) is 25.9 Å². The Morgan fingerprint density at radius 2 is 1.94 bits per heavy atom. The molecule has 1 amide bonds. The number of rotatable bonds is 4. The molecule has 0 saturated carbocycles. The third-order valence-electron chi connectivity index (χ3n) is 3.45. The summed E-state index contributed by atoms with van der Waals surface area (Å²) in [7, 11) is 0. The smallest absolute Gasteiger partial charge is 0.236 e. The molecular formula is C12H24N2O2. The van der Waals surface area contributed by atoms with Crippen molar-refractivity contribution < 1.29 is 9.90 Å². The van der Waals surface area contributed by atoms with Crippen LogP contribution in [0.5, 0.6) is 0 Å². The lowest BCUT2D eigenvalue weighted by Crippen LogP contribution is -2.52. The van der Waals surface area contributed by atoms with Gasteiger partial charge in [0.2, 0.25) is 5.91 Å². The van der Waals surface area contributed by atoms with Crippen LogP contribution in [0.25, 0.3) is 0 Å². The molecule has 1 atom stereocenters. The maximum absolute atomic E-state index is 11.8. The van der Waals surface area contributed by atoms with E-state index in [1.807, 2.05) is 18.7 Å². The van der Waals surface area contributed by atoms with E-state index < -0.39 is 11.6 Å².